The number of carbonyl (C=O) groups is 1. The molecule has 0 heterocycles. The third kappa shape index (κ3) is 16.7. The van der Waals surface area contributed by atoms with Gasteiger partial charge in [0.05, 0.1) is 0 Å². The summed E-state index contributed by atoms with van der Waals surface area (Å²) in [7, 11) is 0. The highest BCUT2D eigenvalue weighted by atomic mass is 16.4. The smallest absolute Gasteiger partial charge is 0.303 e. The number of carboxylic acids is 1. The van der Waals surface area contributed by atoms with Crippen LogP contribution in [0.15, 0.2) is 36.5 Å². The standard InChI is InChI=1S/C18H30O2/c1-17(2)15-13-11-9-7-5-3-4-6-8-10-12-14-16-18(19)20/h3,5,7,9,11,13,17H,4,6,8,10,12,14-16H2,1-2H3,(H,19,20). The number of hydrogen-bond acceptors (Lipinski definition) is 1. The van der Waals surface area contributed by atoms with E-state index in [1.165, 1.54) is 12.8 Å². The first-order valence-corrected chi connectivity index (χ1v) is 7.83. The second-order valence-corrected chi connectivity index (χ2v) is 5.57. The summed E-state index contributed by atoms with van der Waals surface area (Å²) < 4.78 is 0. The lowest BCUT2D eigenvalue weighted by Gasteiger charge is -1.97. The van der Waals surface area contributed by atoms with Gasteiger partial charge < -0.3 is 5.11 Å². The maximum atomic E-state index is 10.3. The first-order valence-electron chi connectivity index (χ1n) is 7.83. The van der Waals surface area contributed by atoms with Gasteiger partial charge in [-0.05, 0) is 31.6 Å². The van der Waals surface area contributed by atoms with Crippen LogP contribution in [0, 0.1) is 5.92 Å². The van der Waals surface area contributed by atoms with Gasteiger partial charge in [-0.15, -0.1) is 0 Å². The minimum atomic E-state index is -0.679. The van der Waals surface area contributed by atoms with Crippen molar-refractivity contribution in [2.24, 2.45) is 5.92 Å². The molecule has 0 amide bonds. The fraction of sp³-hybridized carbons (Fsp3) is 0.611. The zero-order valence-corrected chi connectivity index (χ0v) is 13.1. The van der Waals surface area contributed by atoms with Crippen molar-refractivity contribution >= 4 is 5.97 Å². The fourth-order valence-electron chi connectivity index (χ4n) is 1.80. The minimum absolute atomic E-state index is 0.315. The third-order valence-electron chi connectivity index (χ3n) is 2.97. The van der Waals surface area contributed by atoms with Gasteiger partial charge in [0.2, 0.25) is 0 Å². The van der Waals surface area contributed by atoms with Crippen molar-refractivity contribution in [3.05, 3.63) is 36.5 Å². The summed E-state index contributed by atoms with van der Waals surface area (Å²) in [6.45, 7) is 4.44. The Morgan fingerprint density at radius 2 is 1.50 bits per heavy atom. The van der Waals surface area contributed by atoms with Crippen molar-refractivity contribution in [2.45, 2.75) is 65.2 Å². The maximum Gasteiger partial charge on any atom is 0.303 e. The first kappa shape index (κ1) is 18.7. The van der Waals surface area contributed by atoms with Gasteiger partial charge in [-0.3, -0.25) is 4.79 Å². The van der Waals surface area contributed by atoms with E-state index in [4.69, 9.17) is 5.11 Å². The Labute approximate surface area is 124 Å². The average molecular weight is 278 g/mol. The molecule has 1 N–H and O–H groups in total. The molecular weight excluding hydrogens is 248 g/mol. The lowest BCUT2D eigenvalue weighted by atomic mass is 10.1. The topological polar surface area (TPSA) is 37.3 Å². The number of unbranched alkanes of at least 4 members (excludes halogenated alkanes) is 5. The third-order valence-corrected chi connectivity index (χ3v) is 2.97. The molecule has 0 fully saturated rings. The van der Waals surface area contributed by atoms with Crippen LogP contribution in [0.2, 0.25) is 0 Å². The Balaban J connectivity index is 3.33. The van der Waals surface area contributed by atoms with Crippen LogP contribution in [-0.4, -0.2) is 11.1 Å². The molecule has 0 saturated carbocycles. The Hall–Kier alpha value is -1.31. The molecule has 2 nitrogen and oxygen atoms in total. The van der Waals surface area contributed by atoms with E-state index in [0.717, 1.165) is 38.0 Å². The summed E-state index contributed by atoms with van der Waals surface area (Å²) in [5.41, 5.74) is 0. The van der Waals surface area contributed by atoms with E-state index in [2.05, 4.69) is 50.3 Å². The van der Waals surface area contributed by atoms with Crippen molar-refractivity contribution in [2.75, 3.05) is 0 Å². The van der Waals surface area contributed by atoms with Crippen molar-refractivity contribution in [1.29, 1.82) is 0 Å². The van der Waals surface area contributed by atoms with E-state index in [1.807, 2.05) is 0 Å². The molecule has 0 aromatic heterocycles. The SMILES string of the molecule is CC(C)CC=CC=CC=CCCCCCCCC(=O)O. The van der Waals surface area contributed by atoms with E-state index in [1.54, 1.807) is 0 Å². The second-order valence-electron chi connectivity index (χ2n) is 5.57. The van der Waals surface area contributed by atoms with Gasteiger partial charge in [0.25, 0.3) is 0 Å². The van der Waals surface area contributed by atoms with E-state index >= 15 is 0 Å². The van der Waals surface area contributed by atoms with Gasteiger partial charge in [-0.1, -0.05) is 69.6 Å². The summed E-state index contributed by atoms with van der Waals surface area (Å²) in [6.07, 6.45) is 20.7. The maximum absolute atomic E-state index is 10.3. The van der Waals surface area contributed by atoms with Crippen LogP contribution in [0.3, 0.4) is 0 Å². The van der Waals surface area contributed by atoms with Crippen LogP contribution in [0.25, 0.3) is 0 Å². The normalized spacial score (nSPS) is 12.3. The zero-order chi connectivity index (χ0) is 15.1. The predicted molar refractivity (Wildman–Crippen MR) is 86.8 cm³/mol. The first-order chi connectivity index (χ1) is 9.63. The van der Waals surface area contributed by atoms with Crippen molar-refractivity contribution in [3.8, 4) is 0 Å². The lowest BCUT2D eigenvalue weighted by Crippen LogP contribution is -1.93. The van der Waals surface area contributed by atoms with Gasteiger partial charge in [0.15, 0.2) is 0 Å². The second kappa shape index (κ2) is 14.1. The van der Waals surface area contributed by atoms with Crippen molar-refractivity contribution < 1.29 is 9.90 Å². The summed E-state index contributed by atoms with van der Waals surface area (Å²) in [5, 5.41) is 8.50. The number of aliphatic carboxylic acids is 1. The zero-order valence-electron chi connectivity index (χ0n) is 13.1. The van der Waals surface area contributed by atoms with E-state index in [0.29, 0.717) is 6.42 Å². The van der Waals surface area contributed by atoms with E-state index < -0.39 is 5.97 Å². The fourth-order valence-corrected chi connectivity index (χ4v) is 1.80. The predicted octanol–water partition coefficient (Wildman–Crippen LogP) is 5.52. The molecule has 0 rings (SSSR count). The molecule has 0 saturated heterocycles. The summed E-state index contributed by atoms with van der Waals surface area (Å²) in [5.74, 6) is 0.0489. The van der Waals surface area contributed by atoms with Crippen molar-refractivity contribution in [1.82, 2.24) is 0 Å². The van der Waals surface area contributed by atoms with Crippen LogP contribution in [-0.2, 0) is 4.79 Å². The molecule has 20 heavy (non-hydrogen) atoms. The molecule has 0 atom stereocenters. The van der Waals surface area contributed by atoms with Gasteiger partial charge >= 0.3 is 5.97 Å². The van der Waals surface area contributed by atoms with E-state index in [9.17, 15) is 4.79 Å². The van der Waals surface area contributed by atoms with E-state index in [-0.39, 0.29) is 0 Å². The number of carboxylic acid groups (broad SMARTS) is 1. The Bertz CT molecular complexity index is 311. The lowest BCUT2D eigenvalue weighted by molar-refractivity contribution is -0.137. The molecular formula is C18H30O2. The molecule has 0 aromatic carbocycles. The molecule has 0 spiro atoms. The van der Waals surface area contributed by atoms with Gasteiger partial charge in [-0.25, -0.2) is 0 Å². The Morgan fingerprint density at radius 1 is 0.900 bits per heavy atom. The highest BCUT2D eigenvalue weighted by Crippen LogP contribution is 2.07. The Morgan fingerprint density at radius 3 is 2.15 bits per heavy atom. The number of hydrogen-bond donors (Lipinski definition) is 1. The highest BCUT2D eigenvalue weighted by Gasteiger charge is 1.95. The minimum Gasteiger partial charge on any atom is -0.481 e. The summed E-state index contributed by atoms with van der Waals surface area (Å²) >= 11 is 0. The van der Waals surface area contributed by atoms with Crippen LogP contribution in [0.5, 0.6) is 0 Å². The highest BCUT2D eigenvalue weighted by molar-refractivity contribution is 5.66. The monoisotopic (exact) mass is 278 g/mol. The molecule has 0 unspecified atom stereocenters. The number of rotatable bonds is 12. The summed E-state index contributed by atoms with van der Waals surface area (Å²) in [4.78, 5) is 10.3. The van der Waals surface area contributed by atoms with Crippen LogP contribution < -0.4 is 0 Å². The quantitative estimate of drug-likeness (QED) is 0.377. The van der Waals surface area contributed by atoms with Gasteiger partial charge in [0.1, 0.15) is 0 Å². The molecule has 0 aliphatic heterocycles. The molecule has 0 radical (unpaired) electrons. The largest absolute Gasteiger partial charge is 0.481 e. The molecule has 2 heteroatoms. The van der Waals surface area contributed by atoms with Crippen LogP contribution >= 0.6 is 0 Å². The molecule has 0 aliphatic carbocycles. The van der Waals surface area contributed by atoms with Gasteiger partial charge in [-0.2, -0.15) is 0 Å². The molecule has 0 aromatic rings. The Kier molecular flexibility index (Phi) is 13.2. The van der Waals surface area contributed by atoms with Crippen molar-refractivity contribution in [3.63, 3.8) is 0 Å². The van der Waals surface area contributed by atoms with Crippen LogP contribution in [0.4, 0.5) is 0 Å². The summed E-state index contributed by atoms with van der Waals surface area (Å²) in [6, 6.07) is 0. The van der Waals surface area contributed by atoms with Gasteiger partial charge in [0, 0.05) is 6.42 Å². The molecule has 0 aliphatic rings. The van der Waals surface area contributed by atoms with Crippen LogP contribution in [0.1, 0.15) is 65.2 Å². The molecule has 114 valence electrons. The average Bonchev–Trinajstić information content (AvgIpc) is 2.38. The number of allylic oxidation sites excluding steroid dienone is 6. The molecule has 0 bridgehead atoms.